The summed E-state index contributed by atoms with van der Waals surface area (Å²) < 4.78 is 0. The van der Waals surface area contributed by atoms with Crippen molar-refractivity contribution in [3.63, 3.8) is 0 Å². The van der Waals surface area contributed by atoms with Crippen LogP contribution in [-0.4, -0.2) is 62.7 Å². The van der Waals surface area contributed by atoms with E-state index in [1.165, 1.54) is 32.5 Å². The molecule has 0 aliphatic carbocycles. The van der Waals surface area contributed by atoms with Gasteiger partial charge >= 0.3 is 0 Å². The highest BCUT2D eigenvalue weighted by Gasteiger charge is 2.26. The Morgan fingerprint density at radius 2 is 2.00 bits per heavy atom. The van der Waals surface area contributed by atoms with E-state index >= 15 is 0 Å². The van der Waals surface area contributed by atoms with E-state index in [-0.39, 0.29) is 0 Å². The molecule has 1 heterocycles. The van der Waals surface area contributed by atoms with Crippen molar-refractivity contribution < 1.29 is 0 Å². The van der Waals surface area contributed by atoms with Crippen LogP contribution >= 0.6 is 0 Å². The number of piperazine rings is 1. The Morgan fingerprint density at radius 1 is 1.31 bits per heavy atom. The Kier molecular flexibility index (Phi) is 5.73. The van der Waals surface area contributed by atoms with Gasteiger partial charge < -0.3 is 15.1 Å². The standard InChI is InChI=1S/C13H29N3/c1-6-11(2)13(14-3)9-12-10-15(4)7-8-16(12)5/h11-14H,6-10H2,1-5H3. The van der Waals surface area contributed by atoms with E-state index in [0.717, 1.165) is 5.92 Å². The fourth-order valence-electron chi connectivity index (χ4n) is 2.57. The van der Waals surface area contributed by atoms with Crippen molar-refractivity contribution in [2.45, 2.75) is 38.8 Å². The molecule has 1 fully saturated rings. The summed E-state index contributed by atoms with van der Waals surface area (Å²) in [7, 11) is 6.60. The fraction of sp³-hybridized carbons (Fsp3) is 1.00. The fourth-order valence-corrected chi connectivity index (χ4v) is 2.57. The molecule has 1 saturated heterocycles. The lowest BCUT2D eigenvalue weighted by Gasteiger charge is -2.40. The van der Waals surface area contributed by atoms with Gasteiger partial charge in [-0.25, -0.2) is 0 Å². The van der Waals surface area contributed by atoms with E-state index < -0.39 is 0 Å². The molecule has 0 radical (unpaired) electrons. The highest BCUT2D eigenvalue weighted by molar-refractivity contribution is 4.84. The summed E-state index contributed by atoms with van der Waals surface area (Å²) in [4.78, 5) is 4.97. The minimum Gasteiger partial charge on any atom is -0.317 e. The summed E-state index contributed by atoms with van der Waals surface area (Å²) in [6.45, 7) is 8.27. The van der Waals surface area contributed by atoms with Crippen molar-refractivity contribution in [2.75, 3.05) is 40.8 Å². The van der Waals surface area contributed by atoms with Crippen LogP contribution in [-0.2, 0) is 0 Å². The third-order valence-corrected chi connectivity index (χ3v) is 4.21. The maximum Gasteiger partial charge on any atom is 0.0235 e. The second-order valence-electron chi connectivity index (χ2n) is 5.41. The quantitative estimate of drug-likeness (QED) is 0.763. The van der Waals surface area contributed by atoms with Crippen LogP contribution in [0.3, 0.4) is 0 Å². The van der Waals surface area contributed by atoms with Crippen LogP contribution in [0, 0.1) is 5.92 Å². The molecule has 3 nitrogen and oxygen atoms in total. The first kappa shape index (κ1) is 13.9. The Hall–Kier alpha value is -0.120. The van der Waals surface area contributed by atoms with Crippen LogP contribution in [0.5, 0.6) is 0 Å². The highest BCUT2D eigenvalue weighted by atomic mass is 15.3. The summed E-state index contributed by atoms with van der Waals surface area (Å²) in [5.74, 6) is 0.769. The molecule has 3 atom stereocenters. The molecule has 96 valence electrons. The summed E-state index contributed by atoms with van der Waals surface area (Å²) in [5.41, 5.74) is 0. The lowest BCUT2D eigenvalue weighted by molar-refractivity contribution is 0.0960. The van der Waals surface area contributed by atoms with Crippen LogP contribution in [0.25, 0.3) is 0 Å². The average molecular weight is 227 g/mol. The first-order valence-corrected chi connectivity index (χ1v) is 6.64. The summed E-state index contributed by atoms with van der Waals surface area (Å²) in [5, 5.41) is 3.49. The first-order valence-electron chi connectivity index (χ1n) is 6.64. The van der Waals surface area contributed by atoms with Gasteiger partial charge in [0.2, 0.25) is 0 Å². The Bertz CT molecular complexity index is 196. The molecule has 3 heteroatoms. The molecular weight excluding hydrogens is 198 g/mol. The molecule has 0 saturated carbocycles. The Labute approximate surface area is 101 Å². The number of nitrogens with one attached hydrogen (secondary N) is 1. The van der Waals surface area contributed by atoms with E-state index in [2.05, 4.69) is 50.1 Å². The SMILES string of the molecule is CCC(C)C(CC1CN(C)CCN1C)NC. The molecule has 1 aliphatic rings. The molecule has 1 aliphatic heterocycles. The van der Waals surface area contributed by atoms with Gasteiger partial charge in [-0.3, -0.25) is 0 Å². The summed E-state index contributed by atoms with van der Waals surface area (Å²) in [6.07, 6.45) is 2.53. The van der Waals surface area contributed by atoms with Crippen molar-refractivity contribution in [3.05, 3.63) is 0 Å². The lowest BCUT2D eigenvalue weighted by Crippen LogP contribution is -2.52. The monoisotopic (exact) mass is 227 g/mol. The zero-order valence-corrected chi connectivity index (χ0v) is 11.7. The Balaban J connectivity index is 2.49. The van der Waals surface area contributed by atoms with Gasteiger partial charge in [0.1, 0.15) is 0 Å². The highest BCUT2D eigenvalue weighted by Crippen LogP contribution is 2.17. The first-order chi connectivity index (χ1) is 7.58. The van der Waals surface area contributed by atoms with Crippen LogP contribution < -0.4 is 5.32 Å². The van der Waals surface area contributed by atoms with E-state index in [1.54, 1.807) is 0 Å². The van der Waals surface area contributed by atoms with E-state index in [9.17, 15) is 0 Å². The topological polar surface area (TPSA) is 18.5 Å². The lowest BCUT2D eigenvalue weighted by atomic mass is 9.92. The van der Waals surface area contributed by atoms with Gasteiger partial charge in [0.25, 0.3) is 0 Å². The number of likely N-dealkylation sites (N-methyl/N-ethyl adjacent to an activating group) is 2. The summed E-state index contributed by atoms with van der Waals surface area (Å²) in [6, 6.07) is 1.37. The van der Waals surface area contributed by atoms with Crippen molar-refractivity contribution in [2.24, 2.45) is 5.92 Å². The normalized spacial score (nSPS) is 27.9. The number of nitrogens with zero attached hydrogens (tertiary/aromatic N) is 2. The van der Waals surface area contributed by atoms with Gasteiger partial charge in [-0.05, 0) is 33.5 Å². The molecule has 0 amide bonds. The number of hydrogen-bond acceptors (Lipinski definition) is 3. The average Bonchev–Trinajstić information content (AvgIpc) is 2.29. The smallest absolute Gasteiger partial charge is 0.0235 e. The van der Waals surface area contributed by atoms with Crippen molar-refractivity contribution in [1.29, 1.82) is 0 Å². The van der Waals surface area contributed by atoms with Gasteiger partial charge in [0.15, 0.2) is 0 Å². The van der Waals surface area contributed by atoms with Gasteiger partial charge in [0.05, 0.1) is 0 Å². The largest absolute Gasteiger partial charge is 0.317 e. The van der Waals surface area contributed by atoms with Gasteiger partial charge in [-0.2, -0.15) is 0 Å². The van der Waals surface area contributed by atoms with E-state index in [0.29, 0.717) is 12.1 Å². The molecule has 0 spiro atoms. The number of rotatable bonds is 5. The molecule has 3 unspecified atom stereocenters. The van der Waals surface area contributed by atoms with Gasteiger partial charge in [0, 0.05) is 31.7 Å². The zero-order chi connectivity index (χ0) is 12.1. The van der Waals surface area contributed by atoms with E-state index in [4.69, 9.17) is 0 Å². The van der Waals surface area contributed by atoms with Crippen molar-refractivity contribution in [1.82, 2.24) is 15.1 Å². The van der Waals surface area contributed by atoms with Crippen molar-refractivity contribution in [3.8, 4) is 0 Å². The van der Waals surface area contributed by atoms with Crippen LogP contribution in [0.2, 0.25) is 0 Å². The zero-order valence-electron chi connectivity index (χ0n) is 11.7. The molecule has 0 aromatic rings. The van der Waals surface area contributed by atoms with E-state index in [1.807, 2.05) is 0 Å². The minimum absolute atomic E-state index is 0.656. The third-order valence-electron chi connectivity index (χ3n) is 4.21. The summed E-state index contributed by atoms with van der Waals surface area (Å²) >= 11 is 0. The minimum atomic E-state index is 0.656. The molecule has 16 heavy (non-hydrogen) atoms. The molecular formula is C13H29N3. The van der Waals surface area contributed by atoms with Gasteiger partial charge in [-0.1, -0.05) is 20.3 Å². The maximum absolute atomic E-state index is 3.49. The molecule has 0 aromatic heterocycles. The van der Waals surface area contributed by atoms with Crippen LogP contribution in [0.1, 0.15) is 26.7 Å². The molecule has 1 rings (SSSR count). The second-order valence-corrected chi connectivity index (χ2v) is 5.41. The van der Waals surface area contributed by atoms with Crippen LogP contribution in [0.4, 0.5) is 0 Å². The Morgan fingerprint density at radius 3 is 2.56 bits per heavy atom. The molecule has 0 aromatic carbocycles. The van der Waals surface area contributed by atoms with Crippen molar-refractivity contribution >= 4 is 0 Å². The number of hydrogen-bond donors (Lipinski definition) is 1. The van der Waals surface area contributed by atoms with Crippen LogP contribution in [0.15, 0.2) is 0 Å². The molecule has 0 bridgehead atoms. The second kappa shape index (κ2) is 6.58. The van der Waals surface area contributed by atoms with Gasteiger partial charge in [-0.15, -0.1) is 0 Å². The predicted molar refractivity (Wildman–Crippen MR) is 70.8 cm³/mol. The predicted octanol–water partition coefficient (Wildman–Crippen LogP) is 1.26. The maximum atomic E-state index is 3.49. The molecule has 1 N–H and O–H groups in total. The third kappa shape index (κ3) is 3.72.